The SMILES string of the molecule is Cc1ccc(S(=O)(=O)Nc2ccc(/C=C/C(=O)Nc3ccccc3N)cc2)cc1C. The molecule has 0 saturated heterocycles. The first-order chi connectivity index (χ1) is 14.2. The Morgan fingerprint density at radius 2 is 1.63 bits per heavy atom. The Kier molecular flexibility index (Phi) is 6.23. The molecule has 6 nitrogen and oxygen atoms in total. The molecule has 0 saturated carbocycles. The van der Waals surface area contributed by atoms with E-state index in [0.717, 1.165) is 16.7 Å². The lowest BCUT2D eigenvalue weighted by Gasteiger charge is -2.10. The van der Waals surface area contributed by atoms with Crippen LogP contribution in [-0.4, -0.2) is 14.3 Å². The number of rotatable bonds is 6. The Hall–Kier alpha value is -3.58. The van der Waals surface area contributed by atoms with E-state index in [4.69, 9.17) is 5.73 Å². The molecule has 1 amide bonds. The van der Waals surface area contributed by atoms with Gasteiger partial charge in [0.05, 0.1) is 16.3 Å². The van der Waals surface area contributed by atoms with E-state index < -0.39 is 10.0 Å². The molecule has 0 radical (unpaired) electrons. The summed E-state index contributed by atoms with van der Waals surface area (Å²) < 4.78 is 27.7. The van der Waals surface area contributed by atoms with Gasteiger partial charge in [0.25, 0.3) is 10.0 Å². The average Bonchev–Trinajstić information content (AvgIpc) is 2.71. The number of nitrogens with one attached hydrogen (secondary N) is 2. The predicted octanol–water partition coefficient (Wildman–Crippen LogP) is 4.34. The fraction of sp³-hybridized carbons (Fsp3) is 0.0870. The highest BCUT2D eigenvalue weighted by Gasteiger charge is 2.14. The van der Waals surface area contributed by atoms with Crippen LogP contribution in [0.15, 0.2) is 77.7 Å². The molecule has 4 N–H and O–H groups in total. The lowest BCUT2D eigenvalue weighted by molar-refractivity contribution is -0.111. The molecule has 0 fully saturated rings. The van der Waals surface area contributed by atoms with E-state index in [2.05, 4.69) is 10.0 Å². The Morgan fingerprint density at radius 1 is 0.933 bits per heavy atom. The number of aryl methyl sites for hydroxylation is 2. The molecule has 0 heterocycles. The predicted molar refractivity (Wildman–Crippen MR) is 122 cm³/mol. The van der Waals surface area contributed by atoms with Gasteiger partial charge in [0.15, 0.2) is 0 Å². The number of nitrogen functional groups attached to an aromatic ring is 1. The van der Waals surface area contributed by atoms with Crippen LogP contribution in [0, 0.1) is 13.8 Å². The zero-order valence-corrected chi connectivity index (χ0v) is 17.5. The summed E-state index contributed by atoms with van der Waals surface area (Å²) in [7, 11) is -3.67. The molecule has 154 valence electrons. The van der Waals surface area contributed by atoms with Gasteiger partial charge in [-0.25, -0.2) is 8.42 Å². The summed E-state index contributed by atoms with van der Waals surface area (Å²) in [4.78, 5) is 12.3. The average molecular weight is 422 g/mol. The van der Waals surface area contributed by atoms with Crippen LogP contribution in [0.25, 0.3) is 6.08 Å². The summed E-state index contributed by atoms with van der Waals surface area (Å²) in [6.45, 7) is 3.80. The van der Waals surface area contributed by atoms with Gasteiger partial charge in [0, 0.05) is 11.8 Å². The molecule has 0 unspecified atom stereocenters. The van der Waals surface area contributed by atoms with Gasteiger partial charge in [-0.1, -0.05) is 30.3 Å². The maximum Gasteiger partial charge on any atom is 0.261 e. The van der Waals surface area contributed by atoms with Crippen LogP contribution in [0.4, 0.5) is 17.1 Å². The van der Waals surface area contributed by atoms with Gasteiger partial charge in [-0.15, -0.1) is 0 Å². The van der Waals surface area contributed by atoms with E-state index in [1.807, 2.05) is 13.8 Å². The maximum absolute atomic E-state index is 12.6. The number of benzene rings is 3. The number of hydrogen-bond acceptors (Lipinski definition) is 4. The van der Waals surface area contributed by atoms with E-state index in [1.165, 1.54) is 6.08 Å². The third-order valence-corrected chi connectivity index (χ3v) is 5.98. The molecular formula is C23H23N3O3S. The fourth-order valence-corrected chi connectivity index (χ4v) is 3.86. The third kappa shape index (κ3) is 5.27. The number of carbonyl (C=O) groups is 1. The number of sulfonamides is 1. The highest BCUT2D eigenvalue weighted by atomic mass is 32.2. The van der Waals surface area contributed by atoms with E-state index in [9.17, 15) is 13.2 Å². The van der Waals surface area contributed by atoms with Crippen LogP contribution in [0.2, 0.25) is 0 Å². The summed E-state index contributed by atoms with van der Waals surface area (Å²) in [5.74, 6) is -0.313. The zero-order chi connectivity index (χ0) is 21.7. The molecular weight excluding hydrogens is 398 g/mol. The van der Waals surface area contributed by atoms with Gasteiger partial charge in [0.2, 0.25) is 5.91 Å². The fourth-order valence-electron chi connectivity index (χ4n) is 2.71. The standard InChI is InChI=1S/C23H23N3O3S/c1-16-7-13-20(15-17(16)2)30(28,29)26-19-11-8-18(9-12-19)10-14-23(27)25-22-6-4-3-5-21(22)24/h3-15,26H,24H2,1-2H3,(H,25,27)/b14-10+. The molecule has 3 aromatic rings. The molecule has 7 heteroatoms. The number of amides is 1. The Morgan fingerprint density at radius 3 is 2.30 bits per heavy atom. The summed E-state index contributed by atoms with van der Waals surface area (Å²) in [5, 5.41) is 2.71. The first kappa shape index (κ1) is 21.1. The van der Waals surface area contributed by atoms with Crippen molar-refractivity contribution in [2.75, 3.05) is 15.8 Å². The number of anilines is 3. The van der Waals surface area contributed by atoms with Gasteiger partial charge in [-0.2, -0.15) is 0 Å². The second kappa shape index (κ2) is 8.84. The molecule has 3 aromatic carbocycles. The van der Waals surface area contributed by atoms with E-state index in [0.29, 0.717) is 17.1 Å². The van der Waals surface area contributed by atoms with E-state index in [1.54, 1.807) is 72.8 Å². The Labute approximate surface area is 176 Å². The van der Waals surface area contributed by atoms with Crippen molar-refractivity contribution in [3.63, 3.8) is 0 Å². The highest BCUT2D eigenvalue weighted by Crippen LogP contribution is 2.20. The van der Waals surface area contributed by atoms with Gasteiger partial charge < -0.3 is 11.1 Å². The van der Waals surface area contributed by atoms with Gasteiger partial charge >= 0.3 is 0 Å². The van der Waals surface area contributed by atoms with Crippen molar-refractivity contribution in [3.05, 3.63) is 89.5 Å². The molecule has 0 atom stereocenters. The molecule has 0 aliphatic carbocycles. The van der Waals surface area contributed by atoms with Crippen LogP contribution in [0.1, 0.15) is 16.7 Å². The van der Waals surface area contributed by atoms with Crippen LogP contribution < -0.4 is 15.8 Å². The van der Waals surface area contributed by atoms with Crippen molar-refractivity contribution < 1.29 is 13.2 Å². The second-order valence-corrected chi connectivity index (χ2v) is 8.57. The van der Waals surface area contributed by atoms with Crippen molar-refractivity contribution in [2.24, 2.45) is 0 Å². The smallest absolute Gasteiger partial charge is 0.261 e. The normalized spacial score (nSPS) is 11.4. The molecule has 0 aliphatic heterocycles. The topological polar surface area (TPSA) is 101 Å². The number of carbonyl (C=O) groups excluding carboxylic acids is 1. The second-order valence-electron chi connectivity index (χ2n) is 6.88. The third-order valence-electron chi connectivity index (χ3n) is 4.60. The summed E-state index contributed by atoms with van der Waals surface area (Å²) in [5.41, 5.74) is 9.97. The van der Waals surface area contributed by atoms with Gasteiger partial charge in [-0.3, -0.25) is 9.52 Å². The number of para-hydroxylation sites is 2. The summed E-state index contributed by atoms with van der Waals surface area (Å²) >= 11 is 0. The van der Waals surface area contributed by atoms with Crippen LogP contribution >= 0.6 is 0 Å². The monoisotopic (exact) mass is 421 g/mol. The Bertz CT molecular complexity index is 1200. The summed E-state index contributed by atoms with van der Waals surface area (Å²) in [6.07, 6.45) is 3.02. The maximum atomic E-state index is 12.6. The number of hydrogen-bond donors (Lipinski definition) is 3. The molecule has 3 rings (SSSR count). The van der Waals surface area contributed by atoms with Crippen LogP contribution in [0.3, 0.4) is 0 Å². The lowest BCUT2D eigenvalue weighted by Crippen LogP contribution is -2.13. The molecule has 0 aromatic heterocycles. The Balaban J connectivity index is 1.65. The van der Waals surface area contributed by atoms with E-state index >= 15 is 0 Å². The number of nitrogens with two attached hydrogens (primary N) is 1. The van der Waals surface area contributed by atoms with Crippen molar-refractivity contribution in [2.45, 2.75) is 18.7 Å². The summed E-state index contributed by atoms with van der Waals surface area (Å²) in [6, 6.07) is 18.7. The van der Waals surface area contributed by atoms with Gasteiger partial charge in [-0.05, 0) is 73.0 Å². The molecule has 0 aliphatic rings. The molecule has 30 heavy (non-hydrogen) atoms. The minimum atomic E-state index is -3.67. The van der Waals surface area contributed by atoms with Crippen molar-refractivity contribution in [3.8, 4) is 0 Å². The van der Waals surface area contributed by atoms with Crippen LogP contribution in [-0.2, 0) is 14.8 Å². The minimum absolute atomic E-state index is 0.214. The van der Waals surface area contributed by atoms with Crippen molar-refractivity contribution in [1.29, 1.82) is 0 Å². The van der Waals surface area contributed by atoms with Crippen molar-refractivity contribution in [1.82, 2.24) is 0 Å². The lowest BCUT2D eigenvalue weighted by atomic mass is 10.1. The quantitative estimate of drug-likeness (QED) is 0.407. The molecule has 0 bridgehead atoms. The first-order valence-corrected chi connectivity index (χ1v) is 10.8. The first-order valence-electron chi connectivity index (χ1n) is 9.28. The van der Waals surface area contributed by atoms with E-state index in [-0.39, 0.29) is 10.8 Å². The largest absolute Gasteiger partial charge is 0.397 e. The highest BCUT2D eigenvalue weighted by molar-refractivity contribution is 7.92. The van der Waals surface area contributed by atoms with Gasteiger partial charge in [0.1, 0.15) is 0 Å². The molecule has 0 spiro atoms. The zero-order valence-electron chi connectivity index (χ0n) is 16.7. The van der Waals surface area contributed by atoms with Crippen molar-refractivity contribution >= 4 is 39.1 Å². The minimum Gasteiger partial charge on any atom is -0.397 e. The van der Waals surface area contributed by atoms with Crippen LogP contribution in [0.5, 0.6) is 0 Å².